The van der Waals surface area contributed by atoms with E-state index in [9.17, 15) is 26.3 Å². The molecular formula is C49H31F6N. The van der Waals surface area contributed by atoms with Gasteiger partial charge < -0.3 is 0 Å². The fraction of sp³-hybridized carbons (Fsp3) is 0.0408. The van der Waals surface area contributed by atoms with Crippen LogP contribution in [0.1, 0.15) is 11.1 Å². The van der Waals surface area contributed by atoms with Crippen molar-refractivity contribution in [1.29, 1.82) is 0 Å². The molecule has 0 unspecified atom stereocenters. The Kier molecular flexibility index (Phi) is 9.60. The van der Waals surface area contributed by atoms with E-state index in [1.165, 1.54) is 6.07 Å². The lowest BCUT2D eigenvalue weighted by atomic mass is 9.74. The number of aromatic nitrogens is 1. The lowest BCUT2D eigenvalue weighted by Crippen LogP contribution is -2.11. The molecule has 7 aromatic carbocycles. The molecule has 0 aliphatic rings. The summed E-state index contributed by atoms with van der Waals surface area (Å²) < 4.78 is 83.2. The maximum absolute atomic E-state index is 13.9. The third kappa shape index (κ3) is 7.11. The summed E-state index contributed by atoms with van der Waals surface area (Å²) in [5.74, 6) is 0. The standard InChI is InChI=1S/C49H31F6N/c50-48(51,52)39-28-38(29-40(30-39)49(53,54)55)41-27-26-37(31-56-41)47-45(35-22-12-4-13-23-35)43(33-18-8-2-9-19-33)42(32-16-6-1-7-17-32)44(34-20-10-3-11-21-34)46(47)36-24-14-5-15-25-36/h1-31H. The summed E-state index contributed by atoms with van der Waals surface area (Å²) in [4.78, 5) is 4.59. The van der Waals surface area contributed by atoms with Crippen LogP contribution in [-0.2, 0) is 12.4 Å². The van der Waals surface area contributed by atoms with Crippen molar-refractivity contribution in [3.8, 4) is 78.0 Å². The average Bonchev–Trinajstić information content (AvgIpc) is 3.23. The first-order chi connectivity index (χ1) is 27.1. The van der Waals surface area contributed by atoms with Crippen LogP contribution in [0.15, 0.2) is 188 Å². The maximum Gasteiger partial charge on any atom is 0.416 e. The van der Waals surface area contributed by atoms with Crippen molar-refractivity contribution < 1.29 is 26.3 Å². The summed E-state index contributed by atoms with van der Waals surface area (Å²) in [5.41, 5.74) is 7.72. The molecule has 0 saturated heterocycles. The number of halogens is 6. The highest BCUT2D eigenvalue weighted by molar-refractivity contribution is 6.15. The molecule has 0 fully saturated rings. The van der Waals surface area contributed by atoms with E-state index in [2.05, 4.69) is 41.4 Å². The molecule has 0 aliphatic carbocycles. The molecule has 0 saturated carbocycles. The van der Waals surface area contributed by atoms with Crippen LogP contribution < -0.4 is 0 Å². The van der Waals surface area contributed by atoms with Gasteiger partial charge in [0.15, 0.2) is 0 Å². The van der Waals surface area contributed by atoms with Crippen LogP contribution in [0.5, 0.6) is 0 Å². The van der Waals surface area contributed by atoms with Crippen molar-refractivity contribution in [3.05, 3.63) is 199 Å². The summed E-state index contributed by atoms with van der Waals surface area (Å²) in [5, 5.41) is 0. The molecule has 0 N–H and O–H groups in total. The summed E-state index contributed by atoms with van der Waals surface area (Å²) in [6.45, 7) is 0. The van der Waals surface area contributed by atoms with Crippen LogP contribution in [0.3, 0.4) is 0 Å². The molecule has 0 radical (unpaired) electrons. The highest BCUT2D eigenvalue weighted by atomic mass is 19.4. The Labute approximate surface area is 320 Å². The normalized spacial score (nSPS) is 11.8. The molecule has 1 nitrogen and oxygen atoms in total. The van der Waals surface area contributed by atoms with Crippen LogP contribution >= 0.6 is 0 Å². The molecule has 56 heavy (non-hydrogen) atoms. The fourth-order valence-electron chi connectivity index (χ4n) is 7.32. The lowest BCUT2D eigenvalue weighted by molar-refractivity contribution is -0.143. The Morgan fingerprint density at radius 2 is 0.571 bits per heavy atom. The first-order valence-electron chi connectivity index (χ1n) is 17.9. The van der Waals surface area contributed by atoms with Crippen molar-refractivity contribution >= 4 is 0 Å². The average molecular weight is 748 g/mol. The number of pyridine rings is 1. The predicted molar refractivity (Wildman–Crippen MR) is 212 cm³/mol. The molecule has 0 aliphatic heterocycles. The van der Waals surface area contributed by atoms with Crippen molar-refractivity contribution in [2.24, 2.45) is 0 Å². The molecule has 7 heteroatoms. The molecule has 8 aromatic rings. The minimum Gasteiger partial charge on any atom is -0.256 e. The molecule has 8 rings (SSSR count). The Balaban J connectivity index is 1.53. The van der Waals surface area contributed by atoms with Crippen LogP contribution in [0.25, 0.3) is 78.0 Å². The smallest absolute Gasteiger partial charge is 0.256 e. The summed E-state index contributed by atoms with van der Waals surface area (Å²) in [6.07, 6.45) is -8.44. The van der Waals surface area contributed by atoms with Gasteiger partial charge in [-0.2, -0.15) is 26.3 Å². The van der Waals surface area contributed by atoms with Crippen LogP contribution in [0, 0.1) is 0 Å². The zero-order chi connectivity index (χ0) is 38.9. The molecule has 1 aromatic heterocycles. The van der Waals surface area contributed by atoms with Gasteiger partial charge in [-0.05, 0) is 79.9 Å². The molecule has 0 amide bonds. The number of hydrogen-bond donors (Lipinski definition) is 0. The summed E-state index contributed by atoms with van der Waals surface area (Å²) >= 11 is 0. The second kappa shape index (κ2) is 14.8. The highest BCUT2D eigenvalue weighted by Crippen LogP contribution is 2.55. The molecular weight excluding hydrogens is 717 g/mol. The largest absolute Gasteiger partial charge is 0.416 e. The molecule has 0 bridgehead atoms. The van der Waals surface area contributed by atoms with Crippen molar-refractivity contribution in [2.75, 3.05) is 0 Å². The summed E-state index contributed by atoms with van der Waals surface area (Å²) in [6, 6.07) is 55.1. The maximum atomic E-state index is 13.9. The van der Waals surface area contributed by atoms with E-state index in [1.54, 1.807) is 12.3 Å². The Hall–Kier alpha value is -6.73. The van der Waals surface area contributed by atoms with Gasteiger partial charge in [-0.1, -0.05) is 158 Å². The number of benzene rings is 7. The van der Waals surface area contributed by atoms with Gasteiger partial charge >= 0.3 is 12.4 Å². The van der Waals surface area contributed by atoms with Crippen LogP contribution in [0.4, 0.5) is 26.3 Å². The van der Waals surface area contributed by atoms with Crippen LogP contribution in [0.2, 0.25) is 0 Å². The van der Waals surface area contributed by atoms with Crippen molar-refractivity contribution in [1.82, 2.24) is 4.98 Å². The Morgan fingerprint density at radius 3 is 0.821 bits per heavy atom. The number of rotatable bonds is 7. The highest BCUT2D eigenvalue weighted by Gasteiger charge is 2.37. The van der Waals surface area contributed by atoms with Gasteiger partial charge in [0, 0.05) is 22.9 Å². The second-order valence-electron chi connectivity index (χ2n) is 13.3. The third-order valence-electron chi connectivity index (χ3n) is 9.75. The van der Waals surface area contributed by atoms with Gasteiger partial charge in [0.25, 0.3) is 0 Å². The number of alkyl halides is 6. The lowest BCUT2D eigenvalue weighted by Gasteiger charge is -2.28. The minimum atomic E-state index is -4.99. The van der Waals surface area contributed by atoms with Crippen LogP contribution in [-0.4, -0.2) is 4.98 Å². The second-order valence-corrected chi connectivity index (χ2v) is 13.3. The van der Waals surface area contributed by atoms with E-state index < -0.39 is 23.5 Å². The van der Waals surface area contributed by atoms with Crippen molar-refractivity contribution in [2.45, 2.75) is 12.4 Å². The van der Waals surface area contributed by atoms with Gasteiger partial charge in [-0.3, -0.25) is 4.98 Å². The van der Waals surface area contributed by atoms with E-state index in [0.717, 1.165) is 61.2 Å². The van der Waals surface area contributed by atoms with E-state index in [4.69, 9.17) is 0 Å². The first-order valence-corrected chi connectivity index (χ1v) is 17.9. The predicted octanol–water partition coefficient (Wildman–Crippen LogP) is 14.8. The molecule has 274 valence electrons. The topological polar surface area (TPSA) is 12.9 Å². The first kappa shape index (κ1) is 36.3. The van der Waals surface area contributed by atoms with E-state index in [-0.39, 0.29) is 17.3 Å². The van der Waals surface area contributed by atoms with Gasteiger partial charge in [0.05, 0.1) is 16.8 Å². The van der Waals surface area contributed by atoms with Gasteiger partial charge in [-0.25, -0.2) is 0 Å². The van der Waals surface area contributed by atoms with Gasteiger partial charge in [0.1, 0.15) is 0 Å². The SMILES string of the molecule is FC(F)(F)c1cc(-c2ccc(-c3c(-c4ccccc4)c(-c4ccccc4)c(-c4ccccc4)c(-c4ccccc4)c3-c3ccccc3)cn2)cc(C(F)(F)F)c1. The van der Waals surface area contributed by atoms with Gasteiger partial charge in [0.2, 0.25) is 0 Å². The molecule has 0 spiro atoms. The quantitative estimate of drug-likeness (QED) is 0.148. The Bertz CT molecular complexity index is 2470. The fourth-order valence-corrected chi connectivity index (χ4v) is 7.32. The molecule has 0 atom stereocenters. The number of nitrogens with zero attached hydrogens (tertiary/aromatic N) is 1. The van der Waals surface area contributed by atoms with Gasteiger partial charge in [-0.15, -0.1) is 0 Å². The van der Waals surface area contributed by atoms with Crippen molar-refractivity contribution in [3.63, 3.8) is 0 Å². The summed E-state index contributed by atoms with van der Waals surface area (Å²) in [7, 11) is 0. The monoisotopic (exact) mass is 747 g/mol. The zero-order valence-electron chi connectivity index (χ0n) is 29.6. The Morgan fingerprint density at radius 1 is 0.286 bits per heavy atom. The molecule has 1 heterocycles. The van der Waals surface area contributed by atoms with E-state index in [0.29, 0.717) is 17.7 Å². The zero-order valence-corrected chi connectivity index (χ0v) is 29.6. The van der Waals surface area contributed by atoms with E-state index in [1.807, 2.05) is 115 Å². The minimum absolute atomic E-state index is 0.0275. The number of hydrogen-bond acceptors (Lipinski definition) is 1. The van der Waals surface area contributed by atoms with E-state index >= 15 is 0 Å². The third-order valence-corrected chi connectivity index (χ3v) is 9.75.